The van der Waals surface area contributed by atoms with E-state index in [2.05, 4.69) is 23.6 Å². The highest BCUT2D eigenvalue weighted by Crippen LogP contribution is 2.15. The smallest absolute Gasteiger partial charge is 0.320 e. The molecule has 0 aromatic carbocycles. The molecule has 0 aromatic heterocycles. The molecule has 0 aromatic rings. The lowest BCUT2D eigenvalue weighted by Crippen LogP contribution is -2.33. The second-order valence-electron chi connectivity index (χ2n) is 9.62. The molecule has 0 radical (unpaired) electrons. The Morgan fingerprint density at radius 2 is 0.733 bits per heavy atom. The highest BCUT2D eigenvalue weighted by Gasteiger charge is 2.26. The summed E-state index contributed by atoms with van der Waals surface area (Å²) in [7, 11) is 0. The first-order chi connectivity index (χ1) is 14.8. The minimum atomic E-state index is 0.307. The van der Waals surface area contributed by atoms with E-state index in [4.69, 9.17) is 0 Å². The van der Waals surface area contributed by atoms with Crippen LogP contribution in [0.5, 0.6) is 0 Å². The summed E-state index contributed by atoms with van der Waals surface area (Å²) >= 11 is 0. The average molecular weight is 423 g/mol. The van der Waals surface area contributed by atoms with Gasteiger partial charge in [-0.25, -0.2) is 4.79 Å². The van der Waals surface area contributed by atoms with Crippen molar-refractivity contribution < 1.29 is 4.79 Å². The molecule has 0 saturated carbocycles. The molecule has 178 valence electrons. The molecule has 1 fully saturated rings. The number of rotatable bonds is 22. The van der Waals surface area contributed by atoms with E-state index in [0.29, 0.717) is 6.03 Å². The van der Waals surface area contributed by atoms with Gasteiger partial charge in [0.25, 0.3) is 0 Å². The van der Waals surface area contributed by atoms with Crippen LogP contribution in [-0.4, -0.2) is 42.0 Å². The van der Waals surface area contributed by atoms with Crippen LogP contribution in [0.2, 0.25) is 0 Å². The van der Waals surface area contributed by atoms with Crippen LogP contribution in [0.25, 0.3) is 0 Å². The topological polar surface area (TPSA) is 23.6 Å². The van der Waals surface area contributed by atoms with Crippen molar-refractivity contribution in [1.29, 1.82) is 0 Å². The van der Waals surface area contributed by atoms with Gasteiger partial charge < -0.3 is 9.80 Å². The predicted molar refractivity (Wildman–Crippen MR) is 132 cm³/mol. The van der Waals surface area contributed by atoms with Crippen LogP contribution < -0.4 is 0 Å². The van der Waals surface area contributed by atoms with E-state index in [9.17, 15) is 4.79 Å². The van der Waals surface area contributed by atoms with Gasteiger partial charge in [0, 0.05) is 26.2 Å². The van der Waals surface area contributed by atoms with Crippen LogP contribution in [0.3, 0.4) is 0 Å². The molecule has 2 amide bonds. The number of amides is 2. The van der Waals surface area contributed by atoms with E-state index in [1.165, 1.54) is 128 Å². The zero-order valence-corrected chi connectivity index (χ0v) is 20.8. The van der Waals surface area contributed by atoms with E-state index in [-0.39, 0.29) is 0 Å². The molecule has 1 rings (SSSR count). The number of hydrogen-bond donors (Lipinski definition) is 0. The van der Waals surface area contributed by atoms with Crippen LogP contribution in [0, 0.1) is 0 Å². The third kappa shape index (κ3) is 14.3. The third-order valence-electron chi connectivity index (χ3n) is 6.74. The maximum Gasteiger partial charge on any atom is 0.320 e. The summed E-state index contributed by atoms with van der Waals surface area (Å²) in [5, 5.41) is 0. The minimum Gasteiger partial charge on any atom is -0.323 e. The van der Waals surface area contributed by atoms with Gasteiger partial charge in [-0.2, -0.15) is 0 Å². The minimum absolute atomic E-state index is 0.307. The normalized spacial score (nSPS) is 14.3. The summed E-state index contributed by atoms with van der Waals surface area (Å²) in [4.78, 5) is 16.7. The van der Waals surface area contributed by atoms with Crippen molar-refractivity contribution in [1.82, 2.24) is 9.80 Å². The lowest BCUT2D eigenvalue weighted by Gasteiger charge is -2.18. The Hall–Kier alpha value is -0.730. The van der Waals surface area contributed by atoms with Gasteiger partial charge in [-0.05, 0) is 12.8 Å². The van der Waals surface area contributed by atoms with E-state index < -0.39 is 0 Å². The lowest BCUT2D eigenvalue weighted by atomic mass is 10.1. The number of urea groups is 1. The fourth-order valence-corrected chi connectivity index (χ4v) is 4.63. The van der Waals surface area contributed by atoms with E-state index >= 15 is 0 Å². The van der Waals surface area contributed by atoms with Gasteiger partial charge >= 0.3 is 6.03 Å². The SMILES string of the molecule is CCCCCCCCCCCCN1CCN(CCCCCCCCCCCC)C1=O. The summed E-state index contributed by atoms with van der Waals surface area (Å²) in [6.45, 7) is 8.42. The first-order valence-electron chi connectivity index (χ1n) is 13.8. The number of carbonyl (C=O) groups is 1. The number of hydrogen-bond acceptors (Lipinski definition) is 1. The van der Waals surface area contributed by atoms with Crippen molar-refractivity contribution in [3.8, 4) is 0 Å². The molecule has 0 N–H and O–H groups in total. The van der Waals surface area contributed by atoms with Crippen LogP contribution in [0.1, 0.15) is 142 Å². The Labute approximate surface area is 189 Å². The van der Waals surface area contributed by atoms with Crippen molar-refractivity contribution in [2.24, 2.45) is 0 Å². The van der Waals surface area contributed by atoms with Gasteiger partial charge in [0.15, 0.2) is 0 Å². The van der Waals surface area contributed by atoms with Gasteiger partial charge in [-0.3, -0.25) is 0 Å². The molecule has 1 heterocycles. The van der Waals surface area contributed by atoms with Crippen LogP contribution in [0.4, 0.5) is 4.79 Å². The zero-order valence-electron chi connectivity index (χ0n) is 20.8. The molecule has 0 aliphatic carbocycles. The van der Waals surface area contributed by atoms with Gasteiger partial charge in [0.05, 0.1) is 0 Å². The molecule has 3 heteroatoms. The standard InChI is InChI=1S/C27H54N2O/c1-3-5-7-9-11-13-15-17-19-21-23-28-25-26-29(27(28)30)24-22-20-18-16-14-12-10-8-6-4-2/h3-26H2,1-2H3. The lowest BCUT2D eigenvalue weighted by molar-refractivity contribution is 0.190. The van der Waals surface area contributed by atoms with Gasteiger partial charge in [0.1, 0.15) is 0 Å². The molecule has 0 bridgehead atoms. The molecule has 0 atom stereocenters. The molecule has 1 saturated heterocycles. The second kappa shape index (κ2) is 20.2. The Morgan fingerprint density at radius 3 is 1.03 bits per heavy atom. The summed E-state index contributed by atoms with van der Waals surface area (Å²) in [5.74, 6) is 0. The first-order valence-corrected chi connectivity index (χ1v) is 13.8. The van der Waals surface area contributed by atoms with Crippen LogP contribution >= 0.6 is 0 Å². The van der Waals surface area contributed by atoms with Crippen molar-refractivity contribution in [2.45, 2.75) is 142 Å². The highest BCUT2D eigenvalue weighted by atomic mass is 16.2. The summed E-state index contributed by atoms with van der Waals surface area (Å²) < 4.78 is 0. The Bertz CT molecular complexity index is 351. The van der Waals surface area contributed by atoms with Crippen LogP contribution in [-0.2, 0) is 0 Å². The fraction of sp³-hybridized carbons (Fsp3) is 0.963. The summed E-state index contributed by atoms with van der Waals surface area (Å²) in [6, 6.07) is 0.307. The molecular weight excluding hydrogens is 368 g/mol. The van der Waals surface area contributed by atoms with Crippen molar-refractivity contribution in [3.63, 3.8) is 0 Å². The summed E-state index contributed by atoms with van der Waals surface area (Å²) in [5.41, 5.74) is 0. The maximum atomic E-state index is 12.5. The van der Waals surface area contributed by atoms with E-state index in [1.807, 2.05) is 0 Å². The van der Waals surface area contributed by atoms with E-state index in [1.54, 1.807) is 0 Å². The van der Waals surface area contributed by atoms with Gasteiger partial charge in [-0.1, -0.05) is 129 Å². The van der Waals surface area contributed by atoms with Gasteiger partial charge in [-0.15, -0.1) is 0 Å². The molecule has 1 aliphatic heterocycles. The molecule has 30 heavy (non-hydrogen) atoms. The van der Waals surface area contributed by atoms with Crippen molar-refractivity contribution in [3.05, 3.63) is 0 Å². The zero-order chi connectivity index (χ0) is 21.7. The molecule has 0 unspecified atom stereocenters. The average Bonchev–Trinajstić information content (AvgIpc) is 3.10. The quantitative estimate of drug-likeness (QED) is 0.160. The first kappa shape index (κ1) is 27.3. The fourth-order valence-electron chi connectivity index (χ4n) is 4.63. The Balaban J connectivity index is 1.89. The van der Waals surface area contributed by atoms with Crippen molar-refractivity contribution >= 4 is 6.03 Å². The third-order valence-corrected chi connectivity index (χ3v) is 6.74. The second-order valence-corrected chi connectivity index (χ2v) is 9.62. The number of nitrogens with zero attached hydrogens (tertiary/aromatic N) is 2. The predicted octanol–water partition coefficient (Wildman–Crippen LogP) is 8.57. The maximum absolute atomic E-state index is 12.5. The van der Waals surface area contributed by atoms with Gasteiger partial charge in [0.2, 0.25) is 0 Å². The largest absolute Gasteiger partial charge is 0.323 e. The summed E-state index contributed by atoms with van der Waals surface area (Å²) in [6.07, 6.45) is 27.2. The molecule has 0 spiro atoms. The monoisotopic (exact) mass is 422 g/mol. The molecular formula is C27H54N2O. The Kier molecular flexibility index (Phi) is 18.4. The van der Waals surface area contributed by atoms with E-state index in [0.717, 1.165) is 26.2 Å². The van der Waals surface area contributed by atoms with Crippen LogP contribution in [0.15, 0.2) is 0 Å². The molecule has 3 nitrogen and oxygen atoms in total. The molecule has 1 aliphatic rings. The highest BCUT2D eigenvalue weighted by molar-refractivity contribution is 5.76. The van der Waals surface area contributed by atoms with Crippen molar-refractivity contribution in [2.75, 3.05) is 26.2 Å². The number of unbranched alkanes of at least 4 members (excludes halogenated alkanes) is 18. The number of carbonyl (C=O) groups excluding carboxylic acids is 1. The Morgan fingerprint density at radius 1 is 0.467 bits per heavy atom.